The van der Waals surface area contributed by atoms with Crippen molar-refractivity contribution in [3.63, 3.8) is 0 Å². The number of aryl methyl sites for hydroxylation is 1. The van der Waals surface area contributed by atoms with Crippen molar-refractivity contribution in [1.82, 2.24) is 15.0 Å². The lowest BCUT2D eigenvalue weighted by molar-refractivity contribution is 0.355. The highest BCUT2D eigenvalue weighted by molar-refractivity contribution is 5.61. The van der Waals surface area contributed by atoms with Crippen LogP contribution in [0.4, 0.5) is 11.8 Å². The molecule has 0 amide bonds. The van der Waals surface area contributed by atoms with E-state index in [1.807, 2.05) is 19.1 Å². The van der Waals surface area contributed by atoms with E-state index in [-0.39, 0.29) is 0 Å². The molecule has 2 unspecified atom stereocenters. The minimum Gasteiger partial charge on any atom is -0.368 e. The second-order valence-electron chi connectivity index (χ2n) is 6.71. The van der Waals surface area contributed by atoms with Gasteiger partial charge in [0.15, 0.2) is 0 Å². The van der Waals surface area contributed by atoms with E-state index in [0.717, 1.165) is 35.7 Å². The second kappa shape index (κ2) is 6.88. The predicted molar refractivity (Wildman–Crippen MR) is 96.6 cm³/mol. The minimum atomic E-state index is 0.306. The zero-order valence-electron chi connectivity index (χ0n) is 14.5. The van der Waals surface area contributed by atoms with E-state index in [4.69, 9.17) is 5.73 Å². The van der Waals surface area contributed by atoms with E-state index in [0.29, 0.717) is 17.8 Å². The second-order valence-corrected chi connectivity index (χ2v) is 6.71. The Balaban J connectivity index is 2.01. The Morgan fingerprint density at radius 3 is 2.58 bits per heavy atom. The largest absolute Gasteiger partial charge is 0.368 e. The highest BCUT2D eigenvalue weighted by Crippen LogP contribution is 2.28. The molecular weight excluding hydrogens is 298 g/mol. The van der Waals surface area contributed by atoms with Crippen LogP contribution >= 0.6 is 0 Å². The lowest BCUT2D eigenvalue weighted by Gasteiger charge is -2.36. The summed E-state index contributed by atoms with van der Waals surface area (Å²) in [7, 11) is 0. The minimum absolute atomic E-state index is 0.306. The van der Waals surface area contributed by atoms with Gasteiger partial charge in [0.2, 0.25) is 5.95 Å². The Morgan fingerprint density at radius 1 is 1.17 bits per heavy atom. The number of rotatable bonds is 1. The van der Waals surface area contributed by atoms with Gasteiger partial charge in [0.05, 0.1) is 11.3 Å². The molecule has 2 N–H and O–H groups in total. The first-order valence-corrected chi connectivity index (χ1v) is 8.34. The molecule has 1 saturated heterocycles. The summed E-state index contributed by atoms with van der Waals surface area (Å²) in [5.41, 5.74) is 8.45. The number of anilines is 2. The molecule has 0 spiro atoms. The van der Waals surface area contributed by atoms with Gasteiger partial charge in [-0.1, -0.05) is 25.7 Å². The van der Waals surface area contributed by atoms with Crippen molar-refractivity contribution in [2.45, 2.75) is 27.2 Å². The quantitative estimate of drug-likeness (QED) is 0.818. The number of piperidine rings is 1. The monoisotopic (exact) mass is 321 g/mol. The normalized spacial score (nSPS) is 20.4. The average molecular weight is 321 g/mol. The molecule has 0 aromatic carbocycles. The number of nitrogen functional groups attached to an aromatic ring is 1. The first-order chi connectivity index (χ1) is 11.5. The molecule has 0 bridgehead atoms. The summed E-state index contributed by atoms with van der Waals surface area (Å²) in [6, 6.07) is 3.82. The SMILES string of the molecule is Cc1nc(N)nc(N2CC(C)CC(C)C2)c1C#Cc1cccnc1. The maximum absolute atomic E-state index is 5.90. The first kappa shape index (κ1) is 16.3. The van der Waals surface area contributed by atoms with Gasteiger partial charge in [0.1, 0.15) is 5.82 Å². The maximum atomic E-state index is 5.90. The van der Waals surface area contributed by atoms with Crippen LogP contribution in [0.5, 0.6) is 0 Å². The van der Waals surface area contributed by atoms with Crippen molar-refractivity contribution in [2.24, 2.45) is 11.8 Å². The molecule has 1 aliphatic rings. The molecule has 5 nitrogen and oxygen atoms in total. The third kappa shape index (κ3) is 3.65. The van der Waals surface area contributed by atoms with Crippen molar-refractivity contribution >= 4 is 11.8 Å². The van der Waals surface area contributed by atoms with Gasteiger partial charge in [-0.05, 0) is 37.3 Å². The summed E-state index contributed by atoms with van der Waals surface area (Å²) in [5.74, 6) is 8.82. The third-order valence-corrected chi connectivity index (χ3v) is 4.25. The first-order valence-electron chi connectivity index (χ1n) is 8.34. The Hall–Kier alpha value is -2.61. The summed E-state index contributed by atoms with van der Waals surface area (Å²) >= 11 is 0. The van der Waals surface area contributed by atoms with Crippen LogP contribution in [0.3, 0.4) is 0 Å². The lowest BCUT2D eigenvalue weighted by atomic mass is 9.91. The Morgan fingerprint density at radius 2 is 1.92 bits per heavy atom. The summed E-state index contributed by atoms with van der Waals surface area (Å²) in [4.78, 5) is 15.2. The molecular formula is C19H23N5. The molecule has 3 heterocycles. The van der Waals surface area contributed by atoms with Crippen LogP contribution < -0.4 is 10.6 Å². The molecule has 1 fully saturated rings. The summed E-state index contributed by atoms with van der Waals surface area (Å²) in [5, 5.41) is 0. The average Bonchev–Trinajstić information content (AvgIpc) is 2.53. The number of nitrogens with two attached hydrogens (primary N) is 1. The van der Waals surface area contributed by atoms with E-state index in [2.05, 4.69) is 45.5 Å². The van der Waals surface area contributed by atoms with E-state index in [1.165, 1.54) is 6.42 Å². The Kier molecular flexibility index (Phi) is 4.66. The van der Waals surface area contributed by atoms with Gasteiger partial charge in [0, 0.05) is 31.0 Å². The smallest absolute Gasteiger partial charge is 0.222 e. The highest BCUT2D eigenvalue weighted by Gasteiger charge is 2.25. The Bertz CT molecular complexity index is 766. The van der Waals surface area contributed by atoms with E-state index >= 15 is 0 Å². The fraction of sp³-hybridized carbons (Fsp3) is 0.421. The molecule has 0 radical (unpaired) electrons. The van der Waals surface area contributed by atoms with Gasteiger partial charge in [0.25, 0.3) is 0 Å². The topological polar surface area (TPSA) is 67.9 Å². The third-order valence-electron chi connectivity index (χ3n) is 4.25. The van der Waals surface area contributed by atoms with E-state index in [1.54, 1.807) is 12.4 Å². The van der Waals surface area contributed by atoms with Crippen LogP contribution in [0.25, 0.3) is 0 Å². The standard InChI is InChI=1S/C19H23N5/c1-13-9-14(2)12-24(11-13)18-17(15(3)22-19(20)23-18)7-6-16-5-4-8-21-10-16/h4-5,8,10,13-14H,9,11-12H2,1-3H3,(H2,20,22,23). The molecule has 0 aliphatic carbocycles. The van der Waals surface area contributed by atoms with Crippen LogP contribution in [-0.2, 0) is 0 Å². The summed E-state index contributed by atoms with van der Waals surface area (Å²) in [6.45, 7) is 8.44. The highest BCUT2D eigenvalue weighted by atomic mass is 15.2. The van der Waals surface area contributed by atoms with Gasteiger partial charge >= 0.3 is 0 Å². The molecule has 24 heavy (non-hydrogen) atoms. The molecule has 2 atom stereocenters. The van der Waals surface area contributed by atoms with Crippen LogP contribution in [0.15, 0.2) is 24.5 Å². The molecule has 124 valence electrons. The fourth-order valence-corrected chi connectivity index (χ4v) is 3.36. The molecule has 5 heteroatoms. The predicted octanol–water partition coefficient (Wildman–Crippen LogP) is 2.64. The number of nitrogens with zero attached hydrogens (tertiary/aromatic N) is 4. The molecule has 2 aromatic heterocycles. The van der Waals surface area contributed by atoms with Crippen LogP contribution in [0, 0.1) is 30.6 Å². The fourth-order valence-electron chi connectivity index (χ4n) is 3.36. The number of pyridine rings is 1. The van der Waals surface area contributed by atoms with Crippen LogP contribution in [-0.4, -0.2) is 28.0 Å². The van der Waals surface area contributed by atoms with Gasteiger partial charge in [-0.15, -0.1) is 0 Å². The summed E-state index contributed by atoms with van der Waals surface area (Å²) < 4.78 is 0. The molecule has 3 rings (SSSR count). The van der Waals surface area contributed by atoms with Crippen molar-refractivity contribution in [3.8, 4) is 11.8 Å². The molecule has 0 saturated carbocycles. The lowest BCUT2D eigenvalue weighted by Crippen LogP contribution is -2.39. The van der Waals surface area contributed by atoms with Gasteiger partial charge < -0.3 is 10.6 Å². The Labute approximate surface area is 143 Å². The van der Waals surface area contributed by atoms with Crippen molar-refractivity contribution in [2.75, 3.05) is 23.7 Å². The van der Waals surface area contributed by atoms with Gasteiger partial charge in [-0.2, -0.15) is 4.98 Å². The number of hydrogen-bond acceptors (Lipinski definition) is 5. The summed E-state index contributed by atoms with van der Waals surface area (Å²) in [6.07, 6.45) is 4.74. The van der Waals surface area contributed by atoms with Crippen molar-refractivity contribution in [1.29, 1.82) is 0 Å². The van der Waals surface area contributed by atoms with Crippen molar-refractivity contribution in [3.05, 3.63) is 41.3 Å². The zero-order chi connectivity index (χ0) is 17.1. The van der Waals surface area contributed by atoms with E-state index < -0.39 is 0 Å². The maximum Gasteiger partial charge on any atom is 0.222 e. The number of hydrogen-bond donors (Lipinski definition) is 1. The zero-order valence-corrected chi connectivity index (χ0v) is 14.5. The van der Waals surface area contributed by atoms with Crippen LogP contribution in [0.1, 0.15) is 37.1 Å². The van der Waals surface area contributed by atoms with Crippen LogP contribution in [0.2, 0.25) is 0 Å². The molecule has 2 aromatic rings. The van der Waals surface area contributed by atoms with Gasteiger partial charge in [-0.3, -0.25) is 4.98 Å². The van der Waals surface area contributed by atoms with Gasteiger partial charge in [-0.25, -0.2) is 4.98 Å². The van der Waals surface area contributed by atoms with E-state index in [9.17, 15) is 0 Å². The van der Waals surface area contributed by atoms with Crippen molar-refractivity contribution < 1.29 is 0 Å². The molecule has 1 aliphatic heterocycles. The number of aromatic nitrogens is 3.